The zero-order chi connectivity index (χ0) is 8.97. The number of aromatic nitrogens is 1. The van der Waals surface area contributed by atoms with E-state index in [4.69, 9.17) is 0 Å². The Morgan fingerprint density at radius 1 is 1.17 bits per heavy atom. The van der Waals surface area contributed by atoms with Crippen molar-refractivity contribution in [1.29, 1.82) is 0 Å². The van der Waals surface area contributed by atoms with Crippen LogP contribution in [-0.2, 0) is 19.3 Å². The van der Waals surface area contributed by atoms with Gasteiger partial charge in [0.05, 0.1) is 10.7 Å². The van der Waals surface area contributed by atoms with Gasteiger partial charge in [0, 0.05) is 4.88 Å². The van der Waals surface area contributed by atoms with E-state index in [0.717, 1.165) is 12.8 Å². The molecule has 0 spiro atoms. The van der Waals surface area contributed by atoms with Gasteiger partial charge >= 0.3 is 0 Å². The van der Waals surface area contributed by atoms with Crippen molar-refractivity contribution in [2.45, 2.75) is 46.5 Å². The first-order valence-electron chi connectivity index (χ1n) is 4.79. The van der Waals surface area contributed by atoms with E-state index in [1.165, 1.54) is 28.4 Å². The maximum Gasteiger partial charge on any atom is 0.0928 e. The molecule has 0 unspecified atom stereocenters. The van der Waals surface area contributed by atoms with Crippen molar-refractivity contribution < 1.29 is 0 Å². The molecular weight excluding hydrogens is 166 g/mol. The van der Waals surface area contributed by atoms with E-state index in [2.05, 4.69) is 25.8 Å². The fourth-order valence-electron chi connectivity index (χ4n) is 1.29. The Balaban J connectivity index is 2.84. The first-order valence-corrected chi connectivity index (χ1v) is 5.60. The average molecular weight is 183 g/mol. The zero-order valence-corrected chi connectivity index (χ0v) is 9.00. The van der Waals surface area contributed by atoms with Crippen LogP contribution < -0.4 is 0 Å². The zero-order valence-electron chi connectivity index (χ0n) is 8.18. The van der Waals surface area contributed by atoms with E-state index in [9.17, 15) is 0 Å². The Hall–Kier alpha value is -0.370. The Morgan fingerprint density at radius 2 is 1.92 bits per heavy atom. The van der Waals surface area contributed by atoms with Gasteiger partial charge in [0.1, 0.15) is 0 Å². The van der Waals surface area contributed by atoms with Gasteiger partial charge in [0.25, 0.3) is 0 Å². The molecule has 0 bridgehead atoms. The molecule has 0 aliphatic heterocycles. The highest BCUT2D eigenvalue weighted by molar-refractivity contribution is 7.11. The molecular formula is C10H17NS. The smallest absolute Gasteiger partial charge is 0.0928 e. The molecule has 1 aromatic heterocycles. The molecule has 1 aromatic rings. The second-order valence-corrected chi connectivity index (χ2v) is 4.10. The molecule has 1 rings (SSSR count). The summed E-state index contributed by atoms with van der Waals surface area (Å²) in [5, 5.41) is 1.30. The minimum Gasteiger partial charge on any atom is -0.246 e. The van der Waals surface area contributed by atoms with Crippen LogP contribution in [0.2, 0.25) is 0 Å². The third-order valence-corrected chi connectivity index (χ3v) is 3.24. The van der Waals surface area contributed by atoms with Crippen molar-refractivity contribution in [3.8, 4) is 0 Å². The second-order valence-electron chi connectivity index (χ2n) is 2.93. The van der Waals surface area contributed by atoms with Crippen LogP contribution in [0.5, 0.6) is 0 Å². The number of nitrogens with zero attached hydrogens (tertiary/aromatic N) is 1. The fourth-order valence-corrected chi connectivity index (χ4v) is 2.49. The van der Waals surface area contributed by atoms with Crippen molar-refractivity contribution in [3.05, 3.63) is 15.6 Å². The van der Waals surface area contributed by atoms with Gasteiger partial charge in [-0.25, -0.2) is 4.98 Å². The average Bonchev–Trinajstić information content (AvgIpc) is 2.48. The first kappa shape index (κ1) is 9.72. The molecule has 0 radical (unpaired) electrons. The van der Waals surface area contributed by atoms with E-state index in [1.54, 1.807) is 0 Å². The second kappa shape index (κ2) is 4.61. The summed E-state index contributed by atoms with van der Waals surface area (Å²) in [6.45, 7) is 6.59. The highest BCUT2D eigenvalue weighted by Gasteiger charge is 2.06. The quantitative estimate of drug-likeness (QED) is 0.698. The van der Waals surface area contributed by atoms with Crippen molar-refractivity contribution in [1.82, 2.24) is 4.98 Å². The predicted octanol–water partition coefficient (Wildman–Crippen LogP) is 3.22. The molecule has 0 atom stereocenters. The van der Waals surface area contributed by atoms with E-state index >= 15 is 0 Å². The lowest BCUT2D eigenvalue weighted by molar-refractivity contribution is 0.900. The van der Waals surface area contributed by atoms with Crippen molar-refractivity contribution >= 4 is 11.3 Å². The Morgan fingerprint density at radius 3 is 2.42 bits per heavy atom. The summed E-state index contributed by atoms with van der Waals surface area (Å²) in [6.07, 6.45) is 4.62. The van der Waals surface area contributed by atoms with Gasteiger partial charge in [-0.1, -0.05) is 27.2 Å². The topological polar surface area (TPSA) is 12.9 Å². The summed E-state index contributed by atoms with van der Waals surface area (Å²) >= 11 is 1.90. The molecule has 0 aliphatic carbocycles. The molecule has 0 aliphatic rings. The van der Waals surface area contributed by atoms with Crippen LogP contribution in [0.1, 0.15) is 42.8 Å². The van der Waals surface area contributed by atoms with E-state index in [1.807, 2.05) is 11.3 Å². The summed E-state index contributed by atoms with van der Waals surface area (Å²) < 4.78 is 0. The largest absolute Gasteiger partial charge is 0.246 e. The number of aryl methyl sites for hydroxylation is 3. The lowest BCUT2D eigenvalue weighted by Gasteiger charge is -1.94. The molecule has 1 nitrogen and oxygen atoms in total. The normalized spacial score (nSPS) is 10.6. The number of thiazole rings is 1. The molecule has 1 heterocycles. The van der Waals surface area contributed by atoms with Gasteiger partial charge in [0.15, 0.2) is 0 Å². The van der Waals surface area contributed by atoms with Crippen molar-refractivity contribution in [3.63, 3.8) is 0 Å². The molecule has 0 aromatic carbocycles. The van der Waals surface area contributed by atoms with Crippen LogP contribution >= 0.6 is 11.3 Å². The molecule has 0 saturated carbocycles. The van der Waals surface area contributed by atoms with Crippen molar-refractivity contribution in [2.75, 3.05) is 0 Å². The molecule has 68 valence electrons. The SMILES string of the molecule is CCCc1sc(CC)nc1CC. The van der Waals surface area contributed by atoms with Crippen LogP contribution in [0.3, 0.4) is 0 Å². The number of hydrogen-bond acceptors (Lipinski definition) is 2. The molecule has 2 heteroatoms. The summed E-state index contributed by atoms with van der Waals surface area (Å²) in [4.78, 5) is 6.10. The molecule has 0 fully saturated rings. The highest BCUT2D eigenvalue weighted by Crippen LogP contribution is 2.20. The van der Waals surface area contributed by atoms with Crippen LogP contribution in [0.15, 0.2) is 0 Å². The fraction of sp³-hybridized carbons (Fsp3) is 0.700. The van der Waals surface area contributed by atoms with Gasteiger partial charge in [-0.05, 0) is 19.3 Å². The summed E-state index contributed by atoms with van der Waals surface area (Å²) in [5.74, 6) is 0. The number of hydrogen-bond donors (Lipinski definition) is 0. The van der Waals surface area contributed by atoms with Crippen LogP contribution in [0.25, 0.3) is 0 Å². The van der Waals surface area contributed by atoms with Crippen LogP contribution in [0.4, 0.5) is 0 Å². The maximum atomic E-state index is 4.58. The first-order chi connectivity index (χ1) is 5.81. The van der Waals surface area contributed by atoms with Crippen LogP contribution in [-0.4, -0.2) is 4.98 Å². The molecule has 0 saturated heterocycles. The minimum atomic E-state index is 1.08. The van der Waals surface area contributed by atoms with Crippen molar-refractivity contribution in [2.24, 2.45) is 0 Å². The number of rotatable bonds is 4. The lowest BCUT2D eigenvalue weighted by atomic mass is 10.2. The minimum absolute atomic E-state index is 1.08. The van der Waals surface area contributed by atoms with Crippen LogP contribution in [0, 0.1) is 0 Å². The summed E-state index contributed by atoms with van der Waals surface area (Å²) in [5.41, 5.74) is 1.33. The standard InChI is InChI=1S/C10H17NS/c1-4-7-9-8(5-2)11-10(6-3)12-9/h4-7H2,1-3H3. The molecule has 0 amide bonds. The third kappa shape index (κ3) is 2.07. The molecule has 12 heavy (non-hydrogen) atoms. The van der Waals surface area contributed by atoms with Gasteiger partial charge in [-0.2, -0.15) is 0 Å². The highest BCUT2D eigenvalue weighted by atomic mass is 32.1. The van der Waals surface area contributed by atoms with Gasteiger partial charge in [-0.15, -0.1) is 11.3 Å². The Labute approximate surface area is 78.8 Å². The third-order valence-electron chi connectivity index (χ3n) is 1.94. The predicted molar refractivity (Wildman–Crippen MR) is 54.9 cm³/mol. The van der Waals surface area contributed by atoms with E-state index in [0.29, 0.717) is 0 Å². The monoisotopic (exact) mass is 183 g/mol. The summed E-state index contributed by atoms with van der Waals surface area (Å²) in [6, 6.07) is 0. The van der Waals surface area contributed by atoms with E-state index < -0.39 is 0 Å². The lowest BCUT2D eigenvalue weighted by Crippen LogP contribution is -1.87. The summed E-state index contributed by atoms with van der Waals surface area (Å²) in [7, 11) is 0. The maximum absolute atomic E-state index is 4.58. The van der Waals surface area contributed by atoms with E-state index in [-0.39, 0.29) is 0 Å². The molecule has 0 N–H and O–H groups in total. The van der Waals surface area contributed by atoms with Gasteiger partial charge in [-0.3, -0.25) is 0 Å². The Bertz CT molecular complexity index is 240. The Kier molecular flexibility index (Phi) is 3.73. The van der Waals surface area contributed by atoms with Gasteiger partial charge < -0.3 is 0 Å². The van der Waals surface area contributed by atoms with Gasteiger partial charge in [0.2, 0.25) is 0 Å².